The van der Waals surface area contributed by atoms with Gasteiger partial charge in [-0.1, -0.05) is 0 Å². The highest BCUT2D eigenvalue weighted by atomic mass is 19.4. The van der Waals surface area contributed by atoms with Crippen molar-refractivity contribution in [3.8, 4) is 5.75 Å². The highest BCUT2D eigenvalue weighted by molar-refractivity contribution is 6.00. The van der Waals surface area contributed by atoms with Gasteiger partial charge in [0.1, 0.15) is 23.3 Å². The number of hydrogen-bond acceptors (Lipinski definition) is 7. The van der Waals surface area contributed by atoms with Crippen molar-refractivity contribution in [2.24, 2.45) is 4.99 Å². The summed E-state index contributed by atoms with van der Waals surface area (Å²) in [7, 11) is 0. The molecule has 12 heteroatoms. The van der Waals surface area contributed by atoms with Crippen LogP contribution in [0.15, 0.2) is 47.5 Å². The highest BCUT2D eigenvalue weighted by Crippen LogP contribution is 2.34. The van der Waals surface area contributed by atoms with Crippen LogP contribution in [0.2, 0.25) is 0 Å². The van der Waals surface area contributed by atoms with Crippen molar-refractivity contribution < 1.29 is 46.5 Å². The number of benzene rings is 2. The van der Waals surface area contributed by atoms with E-state index in [0.717, 1.165) is 12.1 Å². The van der Waals surface area contributed by atoms with Gasteiger partial charge in [-0.2, -0.15) is 13.2 Å². The Hall–Kier alpha value is -3.67. The Labute approximate surface area is 235 Å². The molecule has 0 saturated heterocycles. The van der Waals surface area contributed by atoms with Gasteiger partial charge < -0.3 is 24.6 Å². The lowest BCUT2D eigenvalue weighted by molar-refractivity contribution is -0.155. The van der Waals surface area contributed by atoms with Gasteiger partial charge in [0.2, 0.25) is 5.90 Å². The molecule has 0 unspecified atom stereocenters. The minimum absolute atomic E-state index is 0.00321. The van der Waals surface area contributed by atoms with Crippen molar-refractivity contribution in [2.75, 3.05) is 13.2 Å². The minimum atomic E-state index is -4.76. The number of rotatable bonds is 11. The second-order valence-corrected chi connectivity index (χ2v) is 10.7. The summed E-state index contributed by atoms with van der Waals surface area (Å²) in [6, 6.07) is 8.72. The average molecular weight is 583 g/mol. The van der Waals surface area contributed by atoms with Crippen molar-refractivity contribution >= 4 is 17.8 Å². The Morgan fingerprint density at radius 2 is 1.80 bits per heavy atom. The van der Waals surface area contributed by atoms with Gasteiger partial charge in [0, 0.05) is 31.6 Å². The monoisotopic (exact) mass is 582 g/mol. The number of carbonyl (C=O) groups is 2. The number of amides is 1. The molecule has 224 valence electrons. The largest absolute Gasteiger partial charge is 0.494 e. The van der Waals surface area contributed by atoms with E-state index in [0.29, 0.717) is 30.4 Å². The molecular formula is C29H34F4N2O6. The molecule has 2 atom stereocenters. The van der Waals surface area contributed by atoms with E-state index >= 15 is 0 Å². The lowest BCUT2D eigenvalue weighted by Gasteiger charge is -2.28. The summed E-state index contributed by atoms with van der Waals surface area (Å²) in [6.45, 7) is 6.63. The number of aliphatic hydroxyl groups excluding tert-OH is 1. The van der Waals surface area contributed by atoms with Crippen molar-refractivity contribution in [1.29, 1.82) is 0 Å². The molecule has 1 amide bonds. The molecule has 0 bridgehead atoms. The van der Waals surface area contributed by atoms with Gasteiger partial charge in [-0.05, 0) is 82.1 Å². The van der Waals surface area contributed by atoms with Crippen molar-refractivity contribution in [1.82, 2.24) is 5.32 Å². The smallest absolute Gasteiger partial charge is 0.416 e. The summed E-state index contributed by atoms with van der Waals surface area (Å²) in [6.07, 6.45) is -5.46. The molecule has 1 heterocycles. The number of nitrogens with one attached hydrogen (secondary N) is 1. The maximum atomic E-state index is 13.9. The SMILES string of the molecule is C[C@H]1OC(c2ccc(OCCCO)cc2)=N[C@@]1(CCC(=O)OC(C)(C)C)C(=O)NCc1cc(F)cc(C(F)(F)F)c1. The fourth-order valence-electron chi connectivity index (χ4n) is 4.19. The number of carbonyl (C=O) groups excluding carboxylic acids is 2. The normalized spacial score (nSPS) is 18.9. The molecule has 3 rings (SSSR count). The predicted octanol–water partition coefficient (Wildman–Crippen LogP) is 4.95. The third kappa shape index (κ3) is 8.66. The molecular weight excluding hydrogens is 548 g/mol. The van der Waals surface area contributed by atoms with E-state index in [-0.39, 0.29) is 30.9 Å². The molecule has 0 fully saturated rings. The molecule has 41 heavy (non-hydrogen) atoms. The number of hydrogen-bond donors (Lipinski definition) is 2. The van der Waals surface area contributed by atoms with E-state index in [1.54, 1.807) is 52.0 Å². The summed E-state index contributed by atoms with van der Waals surface area (Å²) in [5.74, 6) is -1.68. The van der Waals surface area contributed by atoms with Gasteiger partial charge in [-0.25, -0.2) is 9.38 Å². The minimum Gasteiger partial charge on any atom is -0.494 e. The Bertz CT molecular complexity index is 1260. The molecule has 0 saturated carbocycles. The zero-order valence-electron chi connectivity index (χ0n) is 23.3. The third-order valence-corrected chi connectivity index (χ3v) is 6.20. The van der Waals surface area contributed by atoms with Gasteiger partial charge in [-0.3, -0.25) is 9.59 Å². The standard InChI is InChI=1S/C29H34F4N2O6/c1-18-28(11-10-24(37)41-27(2,3)4,26(38)34-17-19-14-21(29(31,32)33)16-22(30)15-19)35-25(40-18)20-6-8-23(9-7-20)39-13-5-12-36/h6-9,14-16,18,36H,5,10-13,17H2,1-4H3,(H,34,38)/t18-,28-/m1/s1. The van der Waals surface area contributed by atoms with Crippen LogP contribution in [0, 0.1) is 5.82 Å². The topological polar surface area (TPSA) is 106 Å². The first-order chi connectivity index (χ1) is 19.1. The van der Waals surface area contributed by atoms with E-state index in [9.17, 15) is 27.2 Å². The lowest BCUT2D eigenvalue weighted by atomic mass is 9.87. The maximum absolute atomic E-state index is 13.9. The van der Waals surface area contributed by atoms with Crippen LogP contribution in [0.3, 0.4) is 0 Å². The van der Waals surface area contributed by atoms with Gasteiger partial charge in [0.05, 0.1) is 12.2 Å². The number of aliphatic imine (C=N–C) groups is 1. The Balaban J connectivity index is 1.86. The number of aliphatic hydroxyl groups is 1. The van der Waals surface area contributed by atoms with Crippen LogP contribution in [0.4, 0.5) is 17.6 Å². The van der Waals surface area contributed by atoms with Crippen LogP contribution in [0.5, 0.6) is 5.75 Å². The molecule has 0 spiro atoms. The van der Waals surface area contributed by atoms with Gasteiger partial charge in [-0.15, -0.1) is 0 Å². The number of esters is 1. The second-order valence-electron chi connectivity index (χ2n) is 10.7. The number of nitrogens with zero attached hydrogens (tertiary/aromatic N) is 1. The van der Waals surface area contributed by atoms with Crippen molar-refractivity contribution in [2.45, 2.75) is 76.9 Å². The van der Waals surface area contributed by atoms with E-state index < -0.39 is 53.2 Å². The molecule has 0 aromatic heterocycles. The van der Waals surface area contributed by atoms with E-state index in [1.165, 1.54) is 0 Å². The van der Waals surface area contributed by atoms with Crippen LogP contribution < -0.4 is 10.1 Å². The summed E-state index contributed by atoms with van der Waals surface area (Å²) < 4.78 is 70.2. The van der Waals surface area contributed by atoms with Crippen LogP contribution in [-0.4, -0.2) is 53.3 Å². The first kappa shape index (κ1) is 31.9. The Morgan fingerprint density at radius 1 is 1.12 bits per heavy atom. The second kappa shape index (κ2) is 12.9. The van der Waals surface area contributed by atoms with Crippen molar-refractivity contribution in [3.05, 3.63) is 65.0 Å². The summed E-state index contributed by atoms with van der Waals surface area (Å²) in [4.78, 5) is 30.7. The number of alkyl halides is 3. The first-order valence-corrected chi connectivity index (χ1v) is 13.1. The molecule has 8 nitrogen and oxygen atoms in total. The number of ether oxygens (including phenoxy) is 3. The molecule has 0 radical (unpaired) electrons. The molecule has 1 aliphatic heterocycles. The fraction of sp³-hybridized carbons (Fsp3) is 0.483. The zero-order chi connectivity index (χ0) is 30.4. The average Bonchev–Trinajstić information content (AvgIpc) is 3.22. The first-order valence-electron chi connectivity index (χ1n) is 13.1. The maximum Gasteiger partial charge on any atom is 0.416 e. The fourth-order valence-corrected chi connectivity index (χ4v) is 4.19. The molecule has 1 aliphatic rings. The molecule has 0 aliphatic carbocycles. The van der Waals surface area contributed by atoms with Crippen LogP contribution >= 0.6 is 0 Å². The zero-order valence-corrected chi connectivity index (χ0v) is 23.3. The van der Waals surface area contributed by atoms with E-state index in [4.69, 9.17) is 19.3 Å². The van der Waals surface area contributed by atoms with E-state index in [1.807, 2.05) is 0 Å². The van der Waals surface area contributed by atoms with Crippen LogP contribution in [-0.2, 0) is 31.8 Å². The quantitative estimate of drug-likeness (QED) is 0.221. The Kier molecular flexibility index (Phi) is 10.0. The third-order valence-electron chi connectivity index (χ3n) is 6.20. The van der Waals surface area contributed by atoms with Gasteiger partial charge in [0.15, 0.2) is 5.54 Å². The van der Waals surface area contributed by atoms with Crippen LogP contribution in [0.25, 0.3) is 0 Å². The molecule has 2 aromatic carbocycles. The Morgan fingerprint density at radius 3 is 2.41 bits per heavy atom. The summed E-state index contributed by atoms with van der Waals surface area (Å²) in [5, 5.41) is 11.5. The van der Waals surface area contributed by atoms with Gasteiger partial charge in [0.25, 0.3) is 5.91 Å². The predicted molar refractivity (Wildman–Crippen MR) is 142 cm³/mol. The highest BCUT2D eigenvalue weighted by Gasteiger charge is 2.50. The number of halogens is 4. The van der Waals surface area contributed by atoms with Crippen molar-refractivity contribution in [3.63, 3.8) is 0 Å². The molecule has 2 N–H and O–H groups in total. The van der Waals surface area contributed by atoms with Crippen LogP contribution in [0.1, 0.15) is 63.6 Å². The van der Waals surface area contributed by atoms with Gasteiger partial charge >= 0.3 is 12.1 Å². The lowest BCUT2D eigenvalue weighted by Crippen LogP contribution is -2.51. The summed E-state index contributed by atoms with van der Waals surface area (Å²) in [5.41, 5.74) is -3.13. The van der Waals surface area contributed by atoms with E-state index in [2.05, 4.69) is 10.3 Å². The summed E-state index contributed by atoms with van der Waals surface area (Å²) >= 11 is 0. The molecule has 2 aromatic rings.